The molecule has 0 radical (unpaired) electrons. The molecule has 162 valence electrons. The zero-order valence-electron chi connectivity index (χ0n) is 17.9. The Morgan fingerprint density at radius 2 is 1.75 bits per heavy atom. The summed E-state index contributed by atoms with van der Waals surface area (Å²) in [6.45, 7) is 2.56. The van der Waals surface area contributed by atoms with Crippen molar-refractivity contribution in [1.82, 2.24) is 4.90 Å². The highest BCUT2D eigenvalue weighted by molar-refractivity contribution is 9.10. The highest BCUT2D eigenvalue weighted by atomic mass is 79.9. The molecular weight excluding hydrogens is 484 g/mol. The first kappa shape index (κ1) is 22.4. The first-order chi connectivity index (χ1) is 15.5. The van der Waals surface area contributed by atoms with E-state index in [0.29, 0.717) is 16.7 Å². The Bertz CT molecular complexity index is 1190. The summed E-state index contributed by atoms with van der Waals surface area (Å²) in [6, 6.07) is 23.8. The number of hydrogen-bond donors (Lipinski definition) is 0. The van der Waals surface area contributed by atoms with Gasteiger partial charge in [-0.25, -0.2) is 4.99 Å². The van der Waals surface area contributed by atoms with Crippen LogP contribution in [0.5, 0.6) is 5.75 Å². The molecule has 6 heteroatoms. The average Bonchev–Trinajstić information content (AvgIpc) is 3.07. The number of benzene rings is 3. The second-order valence-electron chi connectivity index (χ2n) is 7.30. The number of aliphatic imine (C=N–C) groups is 1. The van der Waals surface area contributed by atoms with Crippen LogP contribution in [0.15, 0.2) is 87.2 Å². The summed E-state index contributed by atoms with van der Waals surface area (Å²) < 4.78 is 7.10. The summed E-state index contributed by atoms with van der Waals surface area (Å²) in [7, 11) is 1.76. The van der Waals surface area contributed by atoms with Gasteiger partial charge in [0.2, 0.25) is 0 Å². The lowest BCUT2D eigenvalue weighted by molar-refractivity contribution is -0.121. The van der Waals surface area contributed by atoms with Gasteiger partial charge in [0.05, 0.1) is 10.6 Å². The Hall–Kier alpha value is -2.83. The summed E-state index contributed by atoms with van der Waals surface area (Å²) in [5, 5.41) is 0.676. The Morgan fingerprint density at radius 3 is 2.53 bits per heavy atom. The van der Waals surface area contributed by atoms with E-state index < -0.39 is 0 Å². The molecule has 0 spiro atoms. The van der Waals surface area contributed by atoms with Crippen LogP contribution in [-0.2, 0) is 17.8 Å². The van der Waals surface area contributed by atoms with E-state index in [2.05, 4.69) is 28.9 Å². The number of para-hydroxylation sites is 2. The number of halogens is 1. The molecule has 1 heterocycles. The van der Waals surface area contributed by atoms with Crippen molar-refractivity contribution in [2.75, 3.05) is 7.05 Å². The Balaban J connectivity index is 1.57. The first-order valence-electron chi connectivity index (χ1n) is 10.4. The normalized spacial score (nSPS) is 16.2. The monoisotopic (exact) mass is 506 g/mol. The molecule has 1 aliphatic rings. The SMILES string of the molecule is CCc1ccccc1N=C1S/C(=C/c2ccccc2OCc2ccc(Br)cc2)C(=O)N1C. The van der Waals surface area contributed by atoms with E-state index in [4.69, 9.17) is 9.73 Å². The van der Waals surface area contributed by atoms with Crippen molar-refractivity contribution in [1.29, 1.82) is 0 Å². The molecule has 1 fully saturated rings. The van der Waals surface area contributed by atoms with Crippen molar-refractivity contribution in [3.63, 3.8) is 0 Å². The minimum atomic E-state index is -0.0644. The number of aryl methyl sites for hydroxylation is 1. The lowest BCUT2D eigenvalue weighted by Gasteiger charge is -2.10. The van der Waals surface area contributed by atoms with Crippen LogP contribution < -0.4 is 4.74 Å². The van der Waals surface area contributed by atoms with Gasteiger partial charge in [0.25, 0.3) is 5.91 Å². The Labute approximate surface area is 201 Å². The molecule has 1 aliphatic heterocycles. The van der Waals surface area contributed by atoms with Crippen molar-refractivity contribution in [2.45, 2.75) is 20.0 Å². The number of likely N-dealkylation sites (N-methyl/N-ethyl adjacent to an activating group) is 1. The quantitative estimate of drug-likeness (QED) is 0.344. The number of amidine groups is 1. The van der Waals surface area contributed by atoms with Crippen molar-refractivity contribution >= 4 is 50.5 Å². The first-order valence-corrected chi connectivity index (χ1v) is 12.0. The summed E-state index contributed by atoms with van der Waals surface area (Å²) in [5.41, 5.74) is 4.00. The second kappa shape index (κ2) is 10.2. The van der Waals surface area contributed by atoms with Crippen LogP contribution in [0.1, 0.15) is 23.6 Å². The van der Waals surface area contributed by atoms with Crippen LogP contribution in [0.4, 0.5) is 5.69 Å². The number of nitrogens with zero attached hydrogens (tertiary/aromatic N) is 2. The fourth-order valence-corrected chi connectivity index (χ4v) is 4.52. The summed E-state index contributed by atoms with van der Waals surface area (Å²) in [5.74, 6) is 0.672. The lowest BCUT2D eigenvalue weighted by atomic mass is 10.1. The maximum atomic E-state index is 12.9. The summed E-state index contributed by atoms with van der Waals surface area (Å²) in [4.78, 5) is 19.9. The van der Waals surface area contributed by atoms with Crippen molar-refractivity contribution in [2.24, 2.45) is 4.99 Å². The molecule has 0 unspecified atom stereocenters. The molecular formula is C26H23BrN2O2S. The topological polar surface area (TPSA) is 41.9 Å². The van der Waals surface area contributed by atoms with Crippen LogP contribution >= 0.6 is 27.7 Å². The second-order valence-corrected chi connectivity index (χ2v) is 9.23. The maximum absolute atomic E-state index is 12.9. The molecule has 1 amide bonds. The van der Waals surface area contributed by atoms with E-state index in [0.717, 1.165) is 39.0 Å². The number of amides is 1. The molecule has 0 N–H and O–H groups in total. The highest BCUT2D eigenvalue weighted by Crippen LogP contribution is 2.35. The molecule has 4 nitrogen and oxygen atoms in total. The molecule has 0 saturated carbocycles. The molecule has 3 aromatic carbocycles. The van der Waals surface area contributed by atoms with Gasteiger partial charge >= 0.3 is 0 Å². The van der Waals surface area contributed by atoms with Gasteiger partial charge in [-0.05, 0) is 59.7 Å². The summed E-state index contributed by atoms with van der Waals surface area (Å²) >= 11 is 4.84. The third-order valence-corrected chi connectivity index (χ3v) is 6.69. The van der Waals surface area contributed by atoms with E-state index in [1.807, 2.05) is 72.8 Å². The predicted octanol–water partition coefficient (Wildman–Crippen LogP) is 6.82. The third kappa shape index (κ3) is 5.14. The van der Waals surface area contributed by atoms with Gasteiger partial charge in [-0.15, -0.1) is 0 Å². The minimum absolute atomic E-state index is 0.0644. The van der Waals surface area contributed by atoms with Gasteiger partial charge in [0.1, 0.15) is 12.4 Å². The molecule has 4 rings (SSSR count). The van der Waals surface area contributed by atoms with E-state index in [9.17, 15) is 4.79 Å². The number of ether oxygens (including phenoxy) is 1. The third-order valence-electron chi connectivity index (χ3n) is 5.11. The number of rotatable bonds is 6. The van der Waals surface area contributed by atoms with Crippen LogP contribution in [-0.4, -0.2) is 23.0 Å². The highest BCUT2D eigenvalue weighted by Gasteiger charge is 2.30. The molecule has 3 aromatic rings. The zero-order chi connectivity index (χ0) is 22.5. The van der Waals surface area contributed by atoms with Crippen LogP contribution in [0.2, 0.25) is 0 Å². The van der Waals surface area contributed by atoms with Gasteiger partial charge in [-0.3, -0.25) is 9.69 Å². The standard InChI is InChI=1S/C26H23BrN2O2S/c1-3-19-8-4-6-10-22(19)28-26-29(2)25(30)24(32-26)16-20-9-5-7-11-23(20)31-17-18-12-14-21(27)15-13-18/h4-16H,3,17H2,1-2H3/b24-16+,28-26?. The van der Waals surface area contributed by atoms with E-state index in [1.165, 1.54) is 11.8 Å². The smallest absolute Gasteiger partial charge is 0.266 e. The van der Waals surface area contributed by atoms with E-state index >= 15 is 0 Å². The van der Waals surface area contributed by atoms with E-state index in [1.54, 1.807) is 11.9 Å². The molecule has 1 saturated heterocycles. The fourth-order valence-electron chi connectivity index (χ4n) is 3.29. The molecule has 0 aromatic heterocycles. The molecule has 0 atom stereocenters. The fraction of sp³-hybridized carbons (Fsp3) is 0.154. The number of thioether (sulfide) groups is 1. The Morgan fingerprint density at radius 1 is 1.03 bits per heavy atom. The van der Waals surface area contributed by atoms with Crippen molar-refractivity contribution in [3.8, 4) is 5.75 Å². The average molecular weight is 507 g/mol. The van der Waals surface area contributed by atoms with Crippen LogP contribution in [0.3, 0.4) is 0 Å². The molecule has 32 heavy (non-hydrogen) atoms. The van der Waals surface area contributed by atoms with E-state index in [-0.39, 0.29) is 5.91 Å². The maximum Gasteiger partial charge on any atom is 0.266 e. The number of carbonyl (C=O) groups excluding carboxylic acids is 1. The van der Waals surface area contributed by atoms with Crippen molar-refractivity contribution in [3.05, 3.63) is 98.9 Å². The largest absolute Gasteiger partial charge is 0.488 e. The summed E-state index contributed by atoms with van der Waals surface area (Å²) in [6.07, 6.45) is 2.77. The van der Waals surface area contributed by atoms with Crippen molar-refractivity contribution < 1.29 is 9.53 Å². The minimum Gasteiger partial charge on any atom is -0.488 e. The van der Waals surface area contributed by atoms with Crippen LogP contribution in [0.25, 0.3) is 6.08 Å². The van der Waals surface area contributed by atoms with Gasteiger partial charge < -0.3 is 4.74 Å². The molecule has 0 bridgehead atoms. The number of carbonyl (C=O) groups is 1. The lowest BCUT2D eigenvalue weighted by Crippen LogP contribution is -2.23. The van der Waals surface area contributed by atoms with Gasteiger partial charge in [0.15, 0.2) is 5.17 Å². The predicted molar refractivity (Wildman–Crippen MR) is 136 cm³/mol. The van der Waals surface area contributed by atoms with Crippen LogP contribution in [0, 0.1) is 0 Å². The molecule has 0 aliphatic carbocycles. The van der Waals surface area contributed by atoms with Gasteiger partial charge in [-0.1, -0.05) is 71.4 Å². The van der Waals surface area contributed by atoms with Gasteiger partial charge in [0, 0.05) is 17.1 Å². The van der Waals surface area contributed by atoms with Gasteiger partial charge in [-0.2, -0.15) is 0 Å². The Kier molecular flexibility index (Phi) is 7.12. The zero-order valence-corrected chi connectivity index (χ0v) is 20.3. The number of hydrogen-bond acceptors (Lipinski definition) is 4.